The van der Waals surface area contributed by atoms with E-state index in [1.165, 1.54) is 16.9 Å². The zero-order valence-electron chi connectivity index (χ0n) is 15.0. The molecule has 0 amide bonds. The van der Waals surface area contributed by atoms with Gasteiger partial charge in [-0.25, -0.2) is 0 Å². The Hall–Kier alpha value is -2.77. The van der Waals surface area contributed by atoms with Gasteiger partial charge in [0.1, 0.15) is 6.61 Å². The fourth-order valence-corrected chi connectivity index (χ4v) is 2.97. The van der Waals surface area contributed by atoms with Crippen LogP contribution in [0.3, 0.4) is 0 Å². The molecule has 1 N–H and O–H groups in total. The van der Waals surface area contributed by atoms with Crippen LogP contribution >= 0.6 is 11.6 Å². The minimum atomic E-state index is -5.61. The maximum absolute atomic E-state index is 12.7. The zero-order valence-corrected chi connectivity index (χ0v) is 16.6. The first-order chi connectivity index (χ1) is 13.6. The number of anilines is 1. The fraction of sp³-hybridized carbons (Fsp3) is 0.222. The van der Waals surface area contributed by atoms with Crippen LogP contribution in [-0.4, -0.2) is 19.6 Å². The second kappa shape index (κ2) is 9.15. The van der Waals surface area contributed by atoms with Gasteiger partial charge in [0.2, 0.25) is 0 Å². The summed E-state index contributed by atoms with van der Waals surface area (Å²) in [4.78, 5) is 5.26. The minimum Gasteiger partial charge on any atom is -0.391 e. The molecular weight excluding hydrogens is 431 g/mol. The molecule has 2 aromatic carbocycles. The monoisotopic (exact) mass is 445 g/mol. The van der Waals surface area contributed by atoms with E-state index in [1.807, 2.05) is 6.07 Å². The number of hydrogen-bond acceptors (Lipinski definition) is 5. The van der Waals surface area contributed by atoms with E-state index in [0.717, 1.165) is 6.07 Å². The number of sulfonamides is 1. The summed E-state index contributed by atoms with van der Waals surface area (Å²) in [5.41, 5.74) is -4.35. The van der Waals surface area contributed by atoms with Crippen molar-refractivity contribution in [1.29, 1.82) is 5.26 Å². The first kappa shape index (κ1) is 22.5. The molecule has 0 atom stereocenters. The number of hydrogen-bond donors (Lipinski definition) is 1. The number of rotatable bonds is 7. The lowest BCUT2D eigenvalue weighted by Gasteiger charge is -2.15. The Labute approximate surface area is 170 Å². The van der Waals surface area contributed by atoms with Gasteiger partial charge in [0.15, 0.2) is 0 Å². The van der Waals surface area contributed by atoms with E-state index in [2.05, 4.69) is 5.16 Å². The summed E-state index contributed by atoms with van der Waals surface area (Å²) in [6.07, 6.45) is 0.231. The quantitative estimate of drug-likeness (QED) is 0.489. The Kier molecular flexibility index (Phi) is 7.11. The maximum Gasteiger partial charge on any atom is 0.516 e. The number of oxime groups is 1. The maximum atomic E-state index is 12.7. The van der Waals surface area contributed by atoms with Crippen molar-refractivity contribution in [2.45, 2.75) is 25.5 Å². The van der Waals surface area contributed by atoms with Crippen LogP contribution in [0.1, 0.15) is 30.0 Å². The molecule has 11 heteroatoms. The molecule has 0 fully saturated rings. The highest BCUT2D eigenvalue weighted by Gasteiger charge is 2.46. The van der Waals surface area contributed by atoms with Gasteiger partial charge in [-0.15, -0.1) is 0 Å². The SMILES string of the molecule is CC/C(=N\OCc1ccc(C#N)cc1)c1cc(Cl)ccc1NS(=O)(=O)C(F)(F)F. The Morgan fingerprint density at radius 3 is 2.45 bits per heavy atom. The topological polar surface area (TPSA) is 91.5 Å². The van der Waals surface area contributed by atoms with Crippen LogP contribution in [0.15, 0.2) is 47.6 Å². The molecule has 0 saturated heterocycles. The Balaban J connectivity index is 2.28. The first-order valence-electron chi connectivity index (χ1n) is 8.14. The Morgan fingerprint density at radius 2 is 1.90 bits per heavy atom. The molecule has 0 saturated carbocycles. The van der Waals surface area contributed by atoms with Crippen LogP contribution < -0.4 is 4.72 Å². The normalized spacial score (nSPS) is 12.3. The number of nitrogens with zero attached hydrogens (tertiary/aromatic N) is 2. The summed E-state index contributed by atoms with van der Waals surface area (Å²) in [6, 6.07) is 12.2. The van der Waals surface area contributed by atoms with Crippen molar-refractivity contribution >= 4 is 33.0 Å². The third-order valence-corrected chi connectivity index (χ3v) is 5.00. The van der Waals surface area contributed by atoms with E-state index in [9.17, 15) is 21.6 Å². The van der Waals surface area contributed by atoms with Crippen LogP contribution in [0, 0.1) is 11.3 Å². The van der Waals surface area contributed by atoms with Crippen LogP contribution in [0.25, 0.3) is 0 Å². The molecule has 6 nitrogen and oxygen atoms in total. The van der Waals surface area contributed by atoms with Gasteiger partial charge in [-0.05, 0) is 42.3 Å². The molecule has 0 spiro atoms. The van der Waals surface area contributed by atoms with E-state index >= 15 is 0 Å². The van der Waals surface area contributed by atoms with Crippen molar-refractivity contribution in [2.24, 2.45) is 5.16 Å². The summed E-state index contributed by atoms with van der Waals surface area (Å²) in [5, 5.41) is 12.9. The van der Waals surface area contributed by atoms with Crippen molar-refractivity contribution in [1.82, 2.24) is 0 Å². The highest BCUT2D eigenvalue weighted by Crippen LogP contribution is 2.29. The summed E-state index contributed by atoms with van der Waals surface area (Å²) in [5.74, 6) is 0. The summed E-state index contributed by atoms with van der Waals surface area (Å²) < 4.78 is 62.5. The van der Waals surface area contributed by atoms with Crippen molar-refractivity contribution < 1.29 is 26.4 Å². The molecule has 0 bridgehead atoms. The minimum absolute atomic E-state index is 0.0411. The van der Waals surface area contributed by atoms with Gasteiger partial charge in [-0.2, -0.15) is 26.9 Å². The van der Waals surface area contributed by atoms with Gasteiger partial charge in [0, 0.05) is 10.6 Å². The van der Waals surface area contributed by atoms with Gasteiger partial charge in [-0.1, -0.05) is 35.8 Å². The molecule has 2 rings (SSSR count). The molecule has 29 heavy (non-hydrogen) atoms. The summed E-state index contributed by atoms with van der Waals surface area (Å²) in [6.45, 7) is 1.71. The van der Waals surface area contributed by atoms with Gasteiger partial charge < -0.3 is 4.84 Å². The van der Waals surface area contributed by atoms with Crippen LogP contribution in [0.2, 0.25) is 5.02 Å². The molecule has 2 aromatic rings. The van der Waals surface area contributed by atoms with Gasteiger partial charge in [0.05, 0.1) is 23.0 Å². The third kappa shape index (κ3) is 5.85. The Morgan fingerprint density at radius 1 is 1.24 bits per heavy atom. The summed E-state index contributed by atoms with van der Waals surface area (Å²) >= 11 is 5.92. The van der Waals surface area contributed by atoms with Crippen LogP contribution in [0.5, 0.6) is 0 Å². The van der Waals surface area contributed by atoms with Gasteiger partial charge in [0.25, 0.3) is 0 Å². The Bertz CT molecular complexity index is 1050. The highest BCUT2D eigenvalue weighted by atomic mass is 35.5. The second-order valence-corrected chi connectivity index (χ2v) is 7.83. The lowest BCUT2D eigenvalue weighted by molar-refractivity contribution is -0.0429. The molecule has 0 aromatic heterocycles. The lowest BCUT2D eigenvalue weighted by Crippen LogP contribution is -2.30. The standard InChI is InChI=1S/C18H15ClF3N3O3S/c1-2-16(24-28-11-13-5-3-12(10-23)4-6-13)15-9-14(19)7-8-17(15)25-29(26,27)18(20,21)22/h3-9,25H,2,11H2,1H3/b24-16+. The largest absolute Gasteiger partial charge is 0.516 e. The number of nitrogens with one attached hydrogen (secondary N) is 1. The molecule has 0 aliphatic heterocycles. The van der Waals surface area contributed by atoms with Gasteiger partial charge in [-0.3, -0.25) is 4.72 Å². The van der Waals surface area contributed by atoms with E-state index in [0.29, 0.717) is 11.1 Å². The van der Waals surface area contributed by atoms with Crippen molar-refractivity contribution in [3.63, 3.8) is 0 Å². The van der Waals surface area contributed by atoms with E-state index < -0.39 is 15.5 Å². The van der Waals surface area contributed by atoms with Crippen molar-refractivity contribution in [3.8, 4) is 6.07 Å². The third-order valence-electron chi connectivity index (χ3n) is 3.67. The molecular formula is C18H15ClF3N3O3S. The fourth-order valence-electron chi connectivity index (χ4n) is 2.21. The number of benzene rings is 2. The van der Waals surface area contributed by atoms with Crippen LogP contribution in [-0.2, 0) is 21.5 Å². The van der Waals surface area contributed by atoms with E-state index in [-0.39, 0.29) is 35.0 Å². The van der Waals surface area contributed by atoms with E-state index in [1.54, 1.807) is 31.2 Å². The van der Waals surface area contributed by atoms with Crippen LogP contribution in [0.4, 0.5) is 18.9 Å². The first-order valence-corrected chi connectivity index (χ1v) is 10.0. The van der Waals surface area contributed by atoms with Crippen molar-refractivity contribution in [2.75, 3.05) is 4.72 Å². The predicted octanol–water partition coefficient (Wildman–Crippen LogP) is 4.80. The summed E-state index contributed by atoms with van der Waals surface area (Å²) in [7, 11) is -5.61. The predicted molar refractivity (Wildman–Crippen MR) is 103 cm³/mol. The molecule has 0 aliphatic carbocycles. The average Bonchev–Trinajstić information content (AvgIpc) is 2.66. The average molecular weight is 446 g/mol. The molecule has 154 valence electrons. The number of alkyl halides is 3. The molecule has 0 heterocycles. The van der Waals surface area contributed by atoms with E-state index in [4.69, 9.17) is 21.7 Å². The smallest absolute Gasteiger partial charge is 0.391 e. The zero-order chi connectivity index (χ0) is 21.7. The lowest BCUT2D eigenvalue weighted by atomic mass is 10.1. The second-order valence-electron chi connectivity index (χ2n) is 5.71. The molecule has 0 unspecified atom stereocenters. The number of nitriles is 1. The van der Waals surface area contributed by atoms with Crippen molar-refractivity contribution in [3.05, 3.63) is 64.2 Å². The molecule has 0 radical (unpaired) electrons. The molecule has 0 aliphatic rings. The van der Waals surface area contributed by atoms with Gasteiger partial charge >= 0.3 is 15.5 Å². The number of halogens is 4. The highest BCUT2D eigenvalue weighted by molar-refractivity contribution is 7.93.